The molecule has 0 saturated carbocycles. The van der Waals surface area contributed by atoms with E-state index in [1.165, 1.54) is 0 Å². The number of hydrogen-bond donors (Lipinski definition) is 0. The van der Waals surface area contributed by atoms with Crippen LogP contribution in [0.25, 0.3) is 0 Å². The van der Waals surface area contributed by atoms with E-state index in [-0.39, 0.29) is 11.8 Å². The number of hydrogen-bond acceptors (Lipinski definition) is 4. The molecule has 6 nitrogen and oxygen atoms in total. The molecule has 1 aromatic carbocycles. The molecule has 1 aromatic heterocycles. The second-order valence-electron chi connectivity index (χ2n) is 5.93. The average molecular weight is 339 g/mol. The van der Waals surface area contributed by atoms with Gasteiger partial charge in [-0.25, -0.2) is 0 Å². The van der Waals surface area contributed by atoms with Crippen LogP contribution in [0.15, 0.2) is 48.8 Å². The molecule has 1 aliphatic heterocycles. The van der Waals surface area contributed by atoms with Crippen LogP contribution in [-0.4, -0.2) is 59.9 Å². The standard InChI is InChI=1S/C19H21N3O3/c1-25-17-4-2-15(3-5-17)14-18(23)21-10-12-22(13-11-21)19(24)16-6-8-20-9-7-16/h2-9H,10-14H2,1H3. The third kappa shape index (κ3) is 4.15. The number of carbonyl (C=O) groups is 2. The Kier molecular flexibility index (Phi) is 5.28. The highest BCUT2D eigenvalue weighted by Gasteiger charge is 2.24. The topological polar surface area (TPSA) is 62.7 Å². The number of carbonyl (C=O) groups excluding carboxylic acids is 2. The average Bonchev–Trinajstić information content (AvgIpc) is 2.69. The largest absolute Gasteiger partial charge is 0.497 e. The molecule has 6 heteroatoms. The lowest BCUT2D eigenvalue weighted by atomic mass is 10.1. The molecule has 0 bridgehead atoms. The zero-order valence-corrected chi connectivity index (χ0v) is 14.2. The Morgan fingerprint density at radius 1 is 0.960 bits per heavy atom. The minimum atomic E-state index is -0.00958. The first kappa shape index (κ1) is 17.0. The summed E-state index contributed by atoms with van der Waals surface area (Å²) < 4.78 is 5.12. The molecule has 0 N–H and O–H groups in total. The molecule has 0 spiro atoms. The molecule has 0 unspecified atom stereocenters. The summed E-state index contributed by atoms with van der Waals surface area (Å²) in [6.45, 7) is 2.22. The zero-order valence-electron chi connectivity index (χ0n) is 14.2. The summed E-state index contributed by atoms with van der Waals surface area (Å²) in [5.74, 6) is 0.852. The maximum absolute atomic E-state index is 12.5. The first-order chi connectivity index (χ1) is 12.2. The Morgan fingerprint density at radius 3 is 2.16 bits per heavy atom. The summed E-state index contributed by atoms with van der Waals surface area (Å²) in [7, 11) is 1.62. The molecule has 2 heterocycles. The Morgan fingerprint density at radius 2 is 1.56 bits per heavy atom. The maximum atomic E-state index is 12.5. The Bertz CT molecular complexity index is 723. The van der Waals surface area contributed by atoms with Gasteiger partial charge in [-0.15, -0.1) is 0 Å². The highest BCUT2D eigenvalue weighted by Crippen LogP contribution is 2.14. The van der Waals surface area contributed by atoms with Gasteiger partial charge in [0.1, 0.15) is 5.75 Å². The first-order valence-corrected chi connectivity index (χ1v) is 8.27. The van der Waals surface area contributed by atoms with Crippen LogP contribution in [0.4, 0.5) is 0 Å². The lowest BCUT2D eigenvalue weighted by molar-refractivity contribution is -0.131. The number of amides is 2. The van der Waals surface area contributed by atoms with Gasteiger partial charge in [-0.3, -0.25) is 14.6 Å². The molecule has 1 fully saturated rings. The van der Waals surface area contributed by atoms with Crippen LogP contribution in [0.3, 0.4) is 0 Å². The minimum absolute atomic E-state index is 0.00958. The molecule has 3 rings (SSSR count). The fourth-order valence-electron chi connectivity index (χ4n) is 2.87. The van der Waals surface area contributed by atoms with Gasteiger partial charge < -0.3 is 14.5 Å². The number of benzene rings is 1. The quantitative estimate of drug-likeness (QED) is 0.849. The summed E-state index contributed by atoms with van der Waals surface area (Å²) >= 11 is 0. The van der Waals surface area contributed by atoms with Crippen molar-refractivity contribution in [2.75, 3.05) is 33.3 Å². The van der Waals surface area contributed by atoms with Crippen molar-refractivity contribution < 1.29 is 14.3 Å². The van der Waals surface area contributed by atoms with E-state index in [1.807, 2.05) is 29.2 Å². The van der Waals surface area contributed by atoms with Crippen LogP contribution in [0.2, 0.25) is 0 Å². The molecular formula is C19H21N3O3. The van der Waals surface area contributed by atoms with Crippen LogP contribution in [0, 0.1) is 0 Å². The van der Waals surface area contributed by atoms with Crippen molar-refractivity contribution >= 4 is 11.8 Å². The van der Waals surface area contributed by atoms with Gasteiger partial charge in [-0.2, -0.15) is 0 Å². The molecular weight excluding hydrogens is 318 g/mol. The lowest BCUT2D eigenvalue weighted by Crippen LogP contribution is -2.51. The summed E-state index contributed by atoms with van der Waals surface area (Å²) in [5, 5.41) is 0. The van der Waals surface area contributed by atoms with Crippen LogP contribution in [0.1, 0.15) is 15.9 Å². The Hall–Kier alpha value is -2.89. The van der Waals surface area contributed by atoms with Crippen LogP contribution < -0.4 is 4.74 Å². The normalized spacial score (nSPS) is 14.3. The van der Waals surface area contributed by atoms with Gasteiger partial charge in [-0.05, 0) is 29.8 Å². The van der Waals surface area contributed by atoms with E-state index >= 15 is 0 Å². The second-order valence-corrected chi connectivity index (χ2v) is 5.93. The van der Waals surface area contributed by atoms with E-state index in [0.717, 1.165) is 11.3 Å². The highest BCUT2D eigenvalue weighted by molar-refractivity contribution is 5.94. The summed E-state index contributed by atoms with van der Waals surface area (Å²) in [6, 6.07) is 10.9. The third-order valence-electron chi connectivity index (χ3n) is 4.36. The Balaban J connectivity index is 1.53. The van der Waals surface area contributed by atoms with Crippen LogP contribution >= 0.6 is 0 Å². The van der Waals surface area contributed by atoms with Crippen LogP contribution in [0.5, 0.6) is 5.75 Å². The summed E-state index contributed by atoms with van der Waals surface area (Å²) in [6.07, 6.45) is 3.59. The number of aromatic nitrogens is 1. The predicted octanol–water partition coefficient (Wildman–Crippen LogP) is 1.62. The van der Waals surface area contributed by atoms with E-state index in [9.17, 15) is 9.59 Å². The third-order valence-corrected chi connectivity index (χ3v) is 4.36. The number of methoxy groups -OCH3 is 1. The second kappa shape index (κ2) is 7.79. The van der Waals surface area contributed by atoms with E-state index in [1.54, 1.807) is 36.5 Å². The minimum Gasteiger partial charge on any atom is -0.497 e. The van der Waals surface area contributed by atoms with Crippen molar-refractivity contribution in [3.63, 3.8) is 0 Å². The molecule has 25 heavy (non-hydrogen) atoms. The van der Waals surface area contributed by atoms with Crippen molar-refractivity contribution in [2.24, 2.45) is 0 Å². The van der Waals surface area contributed by atoms with Crippen molar-refractivity contribution in [3.05, 3.63) is 59.9 Å². The number of rotatable bonds is 4. The van der Waals surface area contributed by atoms with E-state index in [4.69, 9.17) is 4.74 Å². The van der Waals surface area contributed by atoms with Crippen molar-refractivity contribution in [1.82, 2.24) is 14.8 Å². The fraction of sp³-hybridized carbons (Fsp3) is 0.316. The lowest BCUT2D eigenvalue weighted by Gasteiger charge is -2.35. The molecule has 0 radical (unpaired) electrons. The molecule has 0 aliphatic carbocycles. The SMILES string of the molecule is COc1ccc(CC(=O)N2CCN(C(=O)c3ccncc3)CC2)cc1. The van der Waals surface area contributed by atoms with Gasteiger partial charge in [-0.1, -0.05) is 12.1 Å². The van der Waals surface area contributed by atoms with Crippen LogP contribution in [-0.2, 0) is 11.2 Å². The van der Waals surface area contributed by atoms with Gasteiger partial charge in [0.15, 0.2) is 0 Å². The monoisotopic (exact) mass is 339 g/mol. The van der Waals surface area contributed by atoms with Crippen molar-refractivity contribution in [3.8, 4) is 5.75 Å². The maximum Gasteiger partial charge on any atom is 0.254 e. The molecule has 0 atom stereocenters. The first-order valence-electron chi connectivity index (χ1n) is 8.27. The smallest absolute Gasteiger partial charge is 0.254 e. The predicted molar refractivity (Wildman–Crippen MR) is 93.4 cm³/mol. The van der Waals surface area contributed by atoms with Gasteiger partial charge in [0.2, 0.25) is 5.91 Å². The fourth-order valence-corrected chi connectivity index (χ4v) is 2.87. The van der Waals surface area contributed by atoms with Gasteiger partial charge in [0.25, 0.3) is 5.91 Å². The van der Waals surface area contributed by atoms with Gasteiger partial charge in [0, 0.05) is 44.1 Å². The number of ether oxygens (including phenoxy) is 1. The molecule has 130 valence electrons. The molecule has 1 aliphatic rings. The van der Waals surface area contributed by atoms with Crippen molar-refractivity contribution in [1.29, 1.82) is 0 Å². The molecule has 2 aromatic rings. The molecule has 1 saturated heterocycles. The number of pyridine rings is 1. The number of piperazine rings is 1. The molecule has 2 amide bonds. The van der Waals surface area contributed by atoms with Gasteiger partial charge in [0.05, 0.1) is 13.5 Å². The Labute approximate surface area is 147 Å². The van der Waals surface area contributed by atoms with E-state index in [2.05, 4.69) is 4.98 Å². The summed E-state index contributed by atoms with van der Waals surface area (Å²) in [5.41, 5.74) is 1.59. The van der Waals surface area contributed by atoms with Gasteiger partial charge >= 0.3 is 0 Å². The van der Waals surface area contributed by atoms with E-state index < -0.39 is 0 Å². The van der Waals surface area contributed by atoms with Crippen molar-refractivity contribution in [2.45, 2.75) is 6.42 Å². The number of nitrogens with zero attached hydrogens (tertiary/aromatic N) is 3. The zero-order chi connectivity index (χ0) is 17.6. The summed E-state index contributed by atoms with van der Waals surface area (Å²) in [4.78, 5) is 32.4. The van der Waals surface area contributed by atoms with E-state index in [0.29, 0.717) is 38.2 Å². The highest BCUT2D eigenvalue weighted by atomic mass is 16.5.